The van der Waals surface area contributed by atoms with E-state index in [0.717, 1.165) is 29.7 Å². The fourth-order valence-electron chi connectivity index (χ4n) is 3.46. The van der Waals surface area contributed by atoms with Gasteiger partial charge in [-0.2, -0.15) is 0 Å². The molecule has 1 atom stereocenters. The normalized spacial score (nSPS) is 11.5. The van der Waals surface area contributed by atoms with E-state index in [2.05, 4.69) is 10.9 Å². The Hall–Kier alpha value is -3.86. The van der Waals surface area contributed by atoms with Crippen molar-refractivity contribution in [3.05, 3.63) is 69.8 Å². The first-order valence-corrected chi connectivity index (χ1v) is 11.9. The molecule has 0 fully saturated rings. The molecular formula is C26H34N2O9. The van der Waals surface area contributed by atoms with Gasteiger partial charge in [0, 0.05) is 6.54 Å². The monoisotopic (exact) mass is 518 g/mol. The highest BCUT2D eigenvalue weighted by atomic mass is 17.0. The molecule has 2 aromatic rings. The van der Waals surface area contributed by atoms with Crippen LogP contribution in [0, 0.1) is 10.1 Å². The van der Waals surface area contributed by atoms with Crippen molar-refractivity contribution in [1.82, 2.24) is 4.90 Å². The number of aryl methyl sites for hydroxylation is 2. The number of benzene rings is 2. The van der Waals surface area contributed by atoms with Crippen LogP contribution in [0.3, 0.4) is 0 Å². The lowest BCUT2D eigenvalue weighted by Gasteiger charge is -2.22. The molecule has 11 heteroatoms. The first-order chi connectivity index (χ1) is 17.8. The number of nitrogens with zero attached hydrogens (tertiary/aromatic N) is 2. The number of ether oxygens (including phenoxy) is 4. The number of hydrogen-bond acceptors (Lipinski definition) is 10. The predicted molar refractivity (Wildman–Crippen MR) is 134 cm³/mol. The third-order valence-electron chi connectivity index (χ3n) is 5.16. The van der Waals surface area contributed by atoms with Crippen molar-refractivity contribution in [3.63, 3.8) is 0 Å². The Balaban J connectivity index is 1.86. The van der Waals surface area contributed by atoms with Crippen molar-refractivity contribution in [3.8, 4) is 11.5 Å². The zero-order valence-corrected chi connectivity index (χ0v) is 21.4. The number of likely N-dealkylation sites (N-methyl/N-ethyl adjacent to an activating group) is 1. The molecule has 2 aromatic carbocycles. The molecule has 0 heterocycles. The van der Waals surface area contributed by atoms with Crippen molar-refractivity contribution in [1.29, 1.82) is 0 Å². The molecule has 0 aliphatic rings. The SMILES string of the molecule is COc1cccc(CCc2ccccc2OCC(CN(C)C)OC(=O)CCC(=O)OCCO[N+](=O)[O-])c1. The van der Waals surface area contributed by atoms with Gasteiger partial charge in [-0.3, -0.25) is 9.59 Å². The van der Waals surface area contributed by atoms with Crippen molar-refractivity contribution < 1.29 is 38.5 Å². The van der Waals surface area contributed by atoms with Gasteiger partial charge in [0.1, 0.15) is 37.4 Å². The lowest BCUT2D eigenvalue weighted by atomic mass is 10.0. The van der Waals surface area contributed by atoms with Gasteiger partial charge in [0.2, 0.25) is 0 Å². The van der Waals surface area contributed by atoms with Gasteiger partial charge < -0.3 is 28.7 Å². The second kappa shape index (κ2) is 16.0. The smallest absolute Gasteiger partial charge is 0.306 e. The van der Waals surface area contributed by atoms with E-state index in [9.17, 15) is 19.7 Å². The zero-order chi connectivity index (χ0) is 27.0. The lowest BCUT2D eigenvalue weighted by Crippen LogP contribution is -2.35. The van der Waals surface area contributed by atoms with Crippen molar-refractivity contribution in [2.45, 2.75) is 31.8 Å². The van der Waals surface area contributed by atoms with E-state index in [4.69, 9.17) is 18.9 Å². The number of para-hydroxylation sites is 1. The summed E-state index contributed by atoms with van der Waals surface area (Å²) in [7, 11) is 5.35. The molecular weight excluding hydrogens is 484 g/mol. The minimum Gasteiger partial charge on any atom is -0.497 e. The van der Waals surface area contributed by atoms with Crippen molar-refractivity contribution in [2.24, 2.45) is 0 Å². The summed E-state index contributed by atoms with van der Waals surface area (Å²) in [5, 5.41) is 9.10. The highest BCUT2D eigenvalue weighted by molar-refractivity contribution is 5.77. The number of esters is 2. The number of rotatable bonds is 17. The van der Waals surface area contributed by atoms with Gasteiger partial charge in [-0.1, -0.05) is 30.3 Å². The standard InChI is InChI=1S/C26H34N2O9/c1-27(2)18-23(37-26(30)14-13-25(29)34-15-16-36-28(31)32)19-35-24-10-5-4-8-21(24)12-11-20-7-6-9-22(17-20)33-3/h4-10,17,23H,11-16,18-19H2,1-3H3. The fourth-order valence-corrected chi connectivity index (χ4v) is 3.46. The van der Waals surface area contributed by atoms with Crippen LogP contribution < -0.4 is 9.47 Å². The van der Waals surface area contributed by atoms with Crippen LogP contribution in [-0.4, -0.2) is 75.6 Å². The van der Waals surface area contributed by atoms with Crippen LogP contribution >= 0.6 is 0 Å². The molecule has 0 radical (unpaired) electrons. The summed E-state index contributed by atoms with van der Waals surface area (Å²) in [5.74, 6) is 0.285. The second-order valence-corrected chi connectivity index (χ2v) is 8.42. The van der Waals surface area contributed by atoms with E-state index in [1.165, 1.54) is 0 Å². The van der Waals surface area contributed by atoms with Crippen molar-refractivity contribution in [2.75, 3.05) is 47.6 Å². The molecule has 0 aliphatic heterocycles. The summed E-state index contributed by atoms with van der Waals surface area (Å²) in [6.45, 7) is -0.0706. The quantitative estimate of drug-likeness (QED) is 0.133. The van der Waals surface area contributed by atoms with Gasteiger partial charge in [0.15, 0.2) is 0 Å². The molecule has 0 bridgehead atoms. The van der Waals surface area contributed by atoms with Crippen LogP contribution in [0.15, 0.2) is 48.5 Å². The van der Waals surface area contributed by atoms with E-state index in [1.807, 2.05) is 61.5 Å². The van der Waals surface area contributed by atoms with Gasteiger partial charge in [-0.15, -0.1) is 10.1 Å². The summed E-state index contributed by atoms with van der Waals surface area (Å²) in [4.78, 5) is 40.0. The average Bonchev–Trinajstić information content (AvgIpc) is 2.87. The Labute approximate surface area is 216 Å². The molecule has 1 unspecified atom stereocenters. The topological polar surface area (TPSA) is 127 Å². The number of methoxy groups -OCH3 is 1. The fraction of sp³-hybridized carbons (Fsp3) is 0.462. The molecule has 11 nitrogen and oxygen atoms in total. The molecule has 37 heavy (non-hydrogen) atoms. The van der Waals surface area contributed by atoms with E-state index in [1.54, 1.807) is 7.11 Å². The molecule has 202 valence electrons. The molecule has 0 saturated carbocycles. The average molecular weight is 519 g/mol. The summed E-state index contributed by atoms with van der Waals surface area (Å²) in [6, 6.07) is 15.7. The van der Waals surface area contributed by atoms with Gasteiger partial charge >= 0.3 is 11.9 Å². The lowest BCUT2D eigenvalue weighted by molar-refractivity contribution is -0.757. The van der Waals surface area contributed by atoms with E-state index >= 15 is 0 Å². The zero-order valence-electron chi connectivity index (χ0n) is 21.4. The molecule has 0 aromatic heterocycles. The van der Waals surface area contributed by atoms with Crippen LogP contribution in [0.1, 0.15) is 24.0 Å². The minimum atomic E-state index is -0.975. The molecule has 0 aliphatic carbocycles. The maximum Gasteiger partial charge on any atom is 0.306 e. The summed E-state index contributed by atoms with van der Waals surface area (Å²) in [5.41, 5.74) is 2.18. The van der Waals surface area contributed by atoms with Crippen LogP contribution in [0.25, 0.3) is 0 Å². The van der Waals surface area contributed by atoms with Gasteiger partial charge in [0.25, 0.3) is 5.09 Å². The Morgan fingerprint density at radius 2 is 1.76 bits per heavy atom. The third kappa shape index (κ3) is 12.1. The van der Waals surface area contributed by atoms with Crippen molar-refractivity contribution >= 4 is 11.9 Å². The highest BCUT2D eigenvalue weighted by Crippen LogP contribution is 2.22. The highest BCUT2D eigenvalue weighted by Gasteiger charge is 2.19. The minimum absolute atomic E-state index is 0.142. The Kier molecular flexibility index (Phi) is 12.7. The van der Waals surface area contributed by atoms with Crippen LogP contribution in [0.5, 0.6) is 11.5 Å². The van der Waals surface area contributed by atoms with E-state index < -0.39 is 23.1 Å². The Bertz CT molecular complexity index is 1010. The third-order valence-corrected chi connectivity index (χ3v) is 5.16. The van der Waals surface area contributed by atoms with Gasteiger partial charge in [0.05, 0.1) is 20.0 Å². The van der Waals surface area contributed by atoms with E-state index in [0.29, 0.717) is 12.3 Å². The van der Waals surface area contributed by atoms with E-state index in [-0.39, 0.29) is 32.7 Å². The summed E-state index contributed by atoms with van der Waals surface area (Å²) >= 11 is 0. The van der Waals surface area contributed by atoms with Crippen LogP contribution in [0.4, 0.5) is 0 Å². The van der Waals surface area contributed by atoms with Crippen LogP contribution in [0.2, 0.25) is 0 Å². The molecule has 2 rings (SSSR count). The number of carbonyl (C=O) groups is 2. The Morgan fingerprint density at radius 1 is 1.00 bits per heavy atom. The van der Waals surface area contributed by atoms with Crippen LogP contribution in [-0.2, 0) is 36.7 Å². The van der Waals surface area contributed by atoms with Gasteiger partial charge in [-0.05, 0) is 56.3 Å². The summed E-state index contributed by atoms with van der Waals surface area (Å²) in [6.07, 6.45) is 0.618. The Morgan fingerprint density at radius 3 is 2.49 bits per heavy atom. The maximum atomic E-state index is 12.3. The second-order valence-electron chi connectivity index (χ2n) is 8.42. The first kappa shape index (κ1) is 29.4. The number of hydrogen-bond donors (Lipinski definition) is 0. The summed E-state index contributed by atoms with van der Waals surface area (Å²) < 4.78 is 21.7. The molecule has 0 saturated heterocycles. The molecule has 0 amide bonds. The largest absolute Gasteiger partial charge is 0.497 e. The number of carbonyl (C=O) groups excluding carboxylic acids is 2. The molecule has 0 spiro atoms. The van der Waals surface area contributed by atoms with Gasteiger partial charge in [-0.25, -0.2) is 0 Å². The predicted octanol–water partition coefficient (Wildman–Crippen LogP) is 2.86. The first-order valence-electron chi connectivity index (χ1n) is 11.9. The molecule has 0 N–H and O–H groups in total. The maximum absolute atomic E-state index is 12.3.